The van der Waals surface area contributed by atoms with Crippen LogP contribution in [0.2, 0.25) is 0 Å². The number of hydrogen-bond acceptors (Lipinski definition) is 5. The largest absolute Gasteiger partial charge is 0.416 e. The first-order chi connectivity index (χ1) is 19.2. The number of piperazine rings is 1. The van der Waals surface area contributed by atoms with Crippen molar-refractivity contribution in [1.82, 2.24) is 10.2 Å². The van der Waals surface area contributed by atoms with E-state index in [4.69, 9.17) is 5.73 Å². The van der Waals surface area contributed by atoms with Crippen molar-refractivity contribution in [3.8, 4) is 11.1 Å². The Labute approximate surface area is 233 Å². The summed E-state index contributed by atoms with van der Waals surface area (Å²) in [6, 6.07) is 5.51. The summed E-state index contributed by atoms with van der Waals surface area (Å²) in [7, 11) is 1.93. The molecule has 2 aromatic rings. The highest BCUT2D eigenvalue weighted by molar-refractivity contribution is 6.09. The van der Waals surface area contributed by atoms with Gasteiger partial charge in [0.1, 0.15) is 11.6 Å². The molecule has 1 aliphatic heterocycles. The first kappa shape index (κ1) is 31.3. The third-order valence-electron chi connectivity index (χ3n) is 7.00. The summed E-state index contributed by atoms with van der Waals surface area (Å²) < 4.78 is 70.9. The number of nitrogens with zero attached hydrogens (tertiary/aromatic N) is 2. The molecule has 0 bridgehead atoms. The number of rotatable bonds is 8. The lowest BCUT2D eigenvalue weighted by atomic mass is 9.99. The molecule has 0 aliphatic carbocycles. The second kappa shape index (κ2) is 12.5. The molecule has 0 spiro atoms. The Hall–Kier alpha value is -4.26. The van der Waals surface area contributed by atoms with Gasteiger partial charge in [-0.05, 0) is 57.6 Å². The zero-order valence-electron chi connectivity index (χ0n) is 22.8. The Kier molecular flexibility index (Phi) is 9.53. The Balaban J connectivity index is 2.19. The van der Waals surface area contributed by atoms with Crippen molar-refractivity contribution in [2.24, 2.45) is 5.73 Å². The molecule has 13 heteroatoms. The number of nitrogens with one attached hydrogen (secondary N) is 2. The zero-order chi connectivity index (χ0) is 30.6. The molecule has 1 aliphatic rings. The van der Waals surface area contributed by atoms with E-state index in [2.05, 4.69) is 10.2 Å². The number of alkyl halides is 3. The van der Waals surface area contributed by atoms with Crippen molar-refractivity contribution in [3.63, 3.8) is 0 Å². The average Bonchev–Trinajstić information content (AvgIpc) is 2.89. The van der Waals surface area contributed by atoms with Crippen LogP contribution in [-0.4, -0.2) is 61.5 Å². The van der Waals surface area contributed by atoms with Crippen molar-refractivity contribution in [1.29, 1.82) is 0 Å². The van der Waals surface area contributed by atoms with Crippen molar-refractivity contribution in [2.45, 2.75) is 39.0 Å². The molecule has 2 atom stereocenters. The molecule has 1 fully saturated rings. The number of carbonyl (C=O) groups excluding carboxylic acids is 3. The van der Waals surface area contributed by atoms with Gasteiger partial charge in [-0.25, -0.2) is 8.78 Å². The van der Waals surface area contributed by atoms with E-state index >= 15 is 4.39 Å². The smallest absolute Gasteiger partial charge is 0.367 e. The number of anilines is 2. The molecule has 41 heavy (non-hydrogen) atoms. The molecular formula is C28H30F5N5O3. The number of benzene rings is 2. The first-order valence-electron chi connectivity index (χ1n) is 12.5. The number of halogens is 5. The third-order valence-corrected chi connectivity index (χ3v) is 7.00. The quantitative estimate of drug-likeness (QED) is 0.187. The van der Waals surface area contributed by atoms with Crippen LogP contribution in [0.25, 0.3) is 11.1 Å². The van der Waals surface area contributed by atoms with E-state index in [1.807, 2.05) is 26.2 Å². The Bertz CT molecular complexity index is 1390. The second-order valence-corrected chi connectivity index (χ2v) is 9.67. The molecule has 2 aromatic carbocycles. The van der Waals surface area contributed by atoms with Gasteiger partial charge in [0.05, 0.1) is 28.1 Å². The maximum atomic E-state index is 15.6. The lowest BCUT2D eigenvalue weighted by Crippen LogP contribution is -2.55. The maximum absolute atomic E-state index is 15.6. The molecule has 1 heterocycles. The first-order valence-corrected chi connectivity index (χ1v) is 12.5. The van der Waals surface area contributed by atoms with Crippen LogP contribution in [0.4, 0.5) is 33.3 Å². The Morgan fingerprint density at radius 3 is 2.22 bits per heavy atom. The Morgan fingerprint density at radius 2 is 1.68 bits per heavy atom. The van der Waals surface area contributed by atoms with Gasteiger partial charge >= 0.3 is 6.18 Å². The van der Waals surface area contributed by atoms with E-state index < -0.39 is 46.3 Å². The summed E-state index contributed by atoms with van der Waals surface area (Å²) >= 11 is 0. The number of likely N-dealkylation sites (N-methyl/N-ethyl adjacent to an activating group) is 1. The number of hydrogen-bond donors (Lipinski definition) is 3. The number of amides is 3. The summed E-state index contributed by atoms with van der Waals surface area (Å²) in [5, 5.41) is 4.40. The highest BCUT2D eigenvalue weighted by atomic mass is 19.4. The van der Waals surface area contributed by atoms with Crippen LogP contribution in [0.1, 0.15) is 31.1 Å². The van der Waals surface area contributed by atoms with E-state index in [-0.39, 0.29) is 41.0 Å². The van der Waals surface area contributed by atoms with Crippen LogP contribution in [-0.2, 0) is 9.59 Å². The van der Waals surface area contributed by atoms with E-state index in [0.29, 0.717) is 25.4 Å². The van der Waals surface area contributed by atoms with Gasteiger partial charge in [-0.1, -0.05) is 12.1 Å². The van der Waals surface area contributed by atoms with Crippen molar-refractivity contribution < 1.29 is 36.3 Å². The van der Waals surface area contributed by atoms with Crippen LogP contribution in [0, 0.1) is 11.6 Å². The standard InChI is InChI=1S/C28H30F5N5O3/c1-5-21(28(31,32)33)20(11-35-14-39)27(41)36-24-9-18(17-6-7-22(29)19(8-17)26(34)40)23(30)10-25(24)38-12-15(2)37(4)16(3)13-38/h5-11,14-16H,12-13H2,1-4H3,(H2,34,40)(H,35,39)(H,36,41)/b20-11+,21-5+. The predicted molar refractivity (Wildman–Crippen MR) is 145 cm³/mol. The molecule has 0 saturated carbocycles. The fraction of sp³-hybridized carbons (Fsp3) is 0.321. The number of carbonyl (C=O) groups is 3. The van der Waals surface area contributed by atoms with Gasteiger partial charge in [-0.3, -0.25) is 19.3 Å². The Morgan fingerprint density at radius 1 is 1.05 bits per heavy atom. The number of nitrogens with two attached hydrogens (primary N) is 1. The minimum absolute atomic E-state index is 0.00682. The van der Waals surface area contributed by atoms with Crippen LogP contribution < -0.4 is 21.3 Å². The third kappa shape index (κ3) is 6.91. The van der Waals surface area contributed by atoms with Gasteiger partial charge in [-0.2, -0.15) is 13.2 Å². The van der Waals surface area contributed by atoms with E-state index in [1.165, 1.54) is 12.1 Å². The molecule has 1 saturated heterocycles. The minimum atomic E-state index is -4.93. The molecule has 0 radical (unpaired) electrons. The SMILES string of the molecule is C/C=C(\C(=C/NC=O)C(=O)Nc1cc(-c2ccc(F)c(C(N)=O)c2)c(F)cc1N1CC(C)N(C)C(C)C1)C(F)(F)F. The predicted octanol–water partition coefficient (Wildman–Crippen LogP) is 4.34. The van der Waals surface area contributed by atoms with Gasteiger partial charge < -0.3 is 21.3 Å². The van der Waals surface area contributed by atoms with Crippen LogP contribution in [0.15, 0.2) is 53.8 Å². The van der Waals surface area contributed by atoms with E-state index in [9.17, 15) is 31.9 Å². The zero-order valence-corrected chi connectivity index (χ0v) is 22.8. The highest BCUT2D eigenvalue weighted by Gasteiger charge is 2.38. The van der Waals surface area contributed by atoms with Gasteiger partial charge in [0.2, 0.25) is 6.41 Å². The topological polar surface area (TPSA) is 108 Å². The minimum Gasteiger partial charge on any atom is -0.367 e. The van der Waals surface area contributed by atoms with Crippen molar-refractivity contribution in [3.05, 3.63) is 71.0 Å². The summed E-state index contributed by atoms with van der Waals surface area (Å²) in [5.41, 5.74) is 2.57. The van der Waals surface area contributed by atoms with E-state index in [0.717, 1.165) is 25.1 Å². The van der Waals surface area contributed by atoms with Crippen LogP contribution in [0.3, 0.4) is 0 Å². The monoisotopic (exact) mass is 579 g/mol. The van der Waals surface area contributed by atoms with Gasteiger partial charge in [-0.15, -0.1) is 0 Å². The highest BCUT2D eigenvalue weighted by Crippen LogP contribution is 2.38. The number of allylic oxidation sites excluding steroid dienone is 1. The van der Waals surface area contributed by atoms with E-state index in [1.54, 1.807) is 4.90 Å². The maximum Gasteiger partial charge on any atom is 0.416 e. The summed E-state index contributed by atoms with van der Waals surface area (Å²) in [5.74, 6) is -4.02. The fourth-order valence-electron chi connectivity index (χ4n) is 4.67. The summed E-state index contributed by atoms with van der Waals surface area (Å²) in [4.78, 5) is 39.7. The summed E-state index contributed by atoms with van der Waals surface area (Å²) in [6.07, 6.45) is -3.52. The molecule has 3 rings (SSSR count). The lowest BCUT2D eigenvalue weighted by molar-refractivity contribution is -0.115. The second-order valence-electron chi connectivity index (χ2n) is 9.67. The summed E-state index contributed by atoms with van der Waals surface area (Å²) in [6.45, 7) is 5.79. The fourth-order valence-corrected chi connectivity index (χ4v) is 4.67. The lowest BCUT2D eigenvalue weighted by Gasteiger charge is -2.44. The number of primary amides is 1. The van der Waals surface area contributed by atoms with Crippen LogP contribution in [0.5, 0.6) is 0 Å². The molecule has 4 N–H and O–H groups in total. The van der Waals surface area contributed by atoms with Crippen LogP contribution >= 0.6 is 0 Å². The molecule has 8 nitrogen and oxygen atoms in total. The normalized spacial score (nSPS) is 18.7. The van der Waals surface area contributed by atoms with Gasteiger partial charge in [0.15, 0.2) is 0 Å². The van der Waals surface area contributed by atoms with Gasteiger partial charge in [0.25, 0.3) is 11.8 Å². The molecule has 220 valence electrons. The molecular weight excluding hydrogens is 549 g/mol. The van der Waals surface area contributed by atoms with Crippen molar-refractivity contribution in [2.75, 3.05) is 30.4 Å². The molecule has 2 unspecified atom stereocenters. The van der Waals surface area contributed by atoms with Gasteiger partial charge in [0, 0.05) is 36.9 Å². The van der Waals surface area contributed by atoms with Crippen molar-refractivity contribution >= 4 is 29.6 Å². The molecule has 3 amide bonds. The average molecular weight is 580 g/mol. The molecule has 0 aromatic heterocycles.